The van der Waals surface area contributed by atoms with Crippen molar-refractivity contribution in [2.24, 2.45) is 0 Å². The Morgan fingerprint density at radius 3 is 2.57 bits per heavy atom. The minimum absolute atomic E-state index is 0.00568. The molecule has 6 nitrogen and oxygen atoms in total. The number of sulfonamides is 1. The van der Waals surface area contributed by atoms with Crippen molar-refractivity contribution in [1.82, 2.24) is 14.5 Å². The van der Waals surface area contributed by atoms with Crippen LogP contribution < -0.4 is 5.32 Å². The molecule has 2 aromatic carbocycles. The van der Waals surface area contributed by atoms with Gasteiger partial charge in [-0.05, 0) is 62.7 Å². The summed E-state index contributed by atoms with van der Waals surface area (Å²) in [5.74, 6) is -0.772. The topological polar surface area (TPSA) is 69.7 Å². The summed E-state index contributed by atoms with van der Waals surface area (Å²) in [4.78, 5) is 14.8. The Morgan fingerprint density at radius 2 is 1.87 bits per heavy atom. The average molecular weight is 434 g/mol. The molecular weight excluding hydrogens is 405 g/mol. The SMILES string of the molecule is CN(CCCNC(=O)C1CCCN1S(=O)(=O)c1ccc(F)cc1)Cc1ccccc1. The van der Waals surface area contributed by atoms with Gasteiger partial charge in [0.1, 0.15) is 11.9 Å². The van der Waals surface area contributed by atoms with Crippen LogP contribution in [0, 0.1) is 5.82 Å². The largest absolute Gasteiger partial charge is 0.355 e. The van der Waals surface area contributed by atoms with Crippen LogP contribution >= 0.6 is 0 Å². The number of hydrogen-bond donors (Lipinski definition) is 1. The number of halogens is 1. The third kappa shape index (κ3) is 5.65. The molecule has 0 saturated carbocycles. The van der Waals surface area contributed by atoms with Gasteiger partial charge in [-0.2, -0.15) is 4.31 Å². The van der Waals surface area contributed by atoms with Gasteiger partial charge in [-0.1, -0.05) is 30.3 Å². The molecule has 3 rings (SSSR count). The summed E-state index contributed by atoms with van der Waals surface area (Å²) < 4.78 is 40.1. The van der Waals surface area contributed by atoms with Crippen molar-refractivity contribution < 1.29 is 17.6 Å². The number of hydrogen-bond acceptors (Lipinski definition) is 4. The lowest BCUT2D eigenvalue weighted by Gasteiger charge is -2.23. The third-order valence-electron chi connectivity index (χ3n) is 5.24. The maximum atomic E-state index is 13.1. The highest BCUT2D eigenvalue weighted by atomic mass is 32.2. The van der Waals surface area contributed by atoms with Crippen LogP contribution in [0.5, 0.6) is 0 Å². The minimum Gasteiger partial charge on any atom is -0.355 e. The van der Waals surface area contributed by atoms with E-state index in [-0.39, 0.29) is 17.3 Å². The fraction of sp³-hybridized carbons (Fsp3) is 0.409. The Labute approximate surface area is 177 Å². The van der Waals surface area contributed by atoms with Gasteiger partial charge in [-0.3, -0.25) is 4.79 Å². The van der Waals surface area contributed by atoms with E-state index in [4.69, 9.17) is 0 Å². The average Bonchev–Trinajstić information content (AvgIpc) is 3.23. The number of carbonyl (C=O) groups excluding carboxylic acids is 1. The molecule has 2 aromatic rings. The van der Waals surface area contributed by atoms with Crippen molar-refractivity contribution in [2.45, 2.75) is 36.7 Å². The van der Waals surface area contributed by atoms with Gasteiger partial charge < -0.3 is 10.2 Å². The van der Waals surface area contributed by atoms with Crippen molar-refractivity contribution in [1.29, 1.82) is 0 Å². The Balaban J connectivity index is 1.49. The van der Waals surface area contributed by atoms with Crippen LogP contribution in [0.2, 0.25) is 0 Å². The number of amides is 1. The molecule has 0 spiro atoms. The summed E-state index contributed by atoms with van der Waals surface area (Å²) in [5, 5.41) is 2.87. The predicted octanol–water partition coefficient (Wildman–Crippen LogP) is 2.62. The predicted molar refractivity (Wildman–Crippen MR) is 114 cm³/mol. The van der Waals surface area contributed by atoms with Gasteiger partial charge in [0.25, 0.3) is 0 Å². The molecule has 1 amide bonds. The molecule has 0 aromatic heterocycles. The lowest BCUT2D eigenvalue weighted by molar-refractivity contribution is -0.124. The van der Waals surface area contributed by atoms with Crippen LogP contribution in [-0.2, 0) is 21.4 Å². The summed E-state index contributed by atoms with van der Waals surface area (Å²) in [6.07, 6.45) is 1.88. The zero-order valence-electron chi connectivity index (χ0n) is 17.1. The molecule has 162 valence electrons. The van der Waals surface area contributed by atoms with E-state index in [9.17, 15) is 17.6 Å². The molecule has 1 unspecified atom stereocenters. The first-order valence-corrected chi connectivity index (χ1v) is 11.6. The van der Waals surface area contributed by atoms with Crippen molar-refractivity contribution in [2.75, 3.05) is 26.7 Å². The number of benzene rings is 2. The third-order valence-corrected chi connectivity index (χ3v) is 7.16. The van der Waals surface area contributed by atoms with Crippen molar-refractivity contribution in [3.05, 3.63) is 66.0 Å². The normalized spacial score (nSPS) is 17.4. The van der Waals surface area contributed by atoms with Crippen LogP contribution in [0.4, 0.5) is 4.39 Å². The van der Waals surface area contributed by atoms with E-state index in [1.807, 2.05) is 25.2 Å². The summed E-state index contributed by atoms with van der Waals surface area (Å²) in [7, 11) is -1.80. The lowest BCUT2D eigenvalue weighted by Crippen LogP contribution is -2.46. The molecule has 1 fully saturated rings. The summed E-state index contributed by atoms with van der Waals surface area (Å²) in [5.41, 5.74) is 1.23. The van der Waals surface area contributed by atoms with Crippen LogP contribution in [0.15, 0.2) is 59.5 Å². The van der Waals surface area contributed by atoms with Gasteiger partial charge in [-0.15, -0.1) is 0 Å². The highest BCUT2D eigenvalue weighted by Crippen LogP contribution is 2.26. The zero-order valence-corrected chi connectivity index (χ0v) is 17.9. The van der Waals surface area contributed by atoms with Crippen LogP contribution in [0.1, 0.15) is 24.8 Å². The van der Waals surface area contributed by atoms with E-state index in [1.165, 1.54) is 22.0 Å². The molecule has 8 heteroatoms. The van der Waals surface area contributed by atoms with Crippen LogP contribution in [-0.4, -0.2) is 56.3 Å². The molecule has 1 aliphatic rings. The van der Waals surface area contributed by atoms with E-state index in [2.05, 4.69) is 22.3 Å². The first-order valence-electron chi connectivity index (χ1n) is 10.2. The first kappa shape index (κ1) is 22.4. The van der Waals surface area contributed by atoms with Crippen molar-refractivity contribution in [3.63, 3.8) is 0 Å². The number of nitrogens with zero attached hydrogens (tertiary/aromatic N) is 2. The summed E-state index contributed by atoms with van der Waals surface area (Å²) >= 11 is 0. The summed E-state index contributed by atoms with van der Waals surface area (Å²) in [6.45, 7) is 2.43. The van der Waals surface area contributed by atoms with E-state index < -0.39 is 21.9 Å². The molecule has 1 N–H and O–H groups in total. The van der Waals surface area contributed by atoms with E-state index in [1.54, 1.807) is 0 Å². The van der Waals surface area contributed by atoms with Crippen molar-refractivity contribution in [3.8, 4) is 0 Å². The molecular formula is C22H28FN3O3S. The Hall–Kier alpha value is -2.29. The molecule has 30 heavy (non-hydrogen) atoms. The fourth-order valence-corrected chi connectivity index (χ4v) is 5.34. The standard InChI is InChI=1S/C22H28FN3O3S/c1-25(17-18-7-3-2-4-8-18)15-6-14-24-22(27)21-9-5-16-26(21)30(28,29)20-12-10-19(23)11-13-20/h2-4,7-8,10-13,21H,5-6,9,14-17H2,1H3,(H,24,27). The van der Waals surface area contributed by atoms with Gasteiger partial charge in [0.15, 0.2) is 0 Å². The van der Waals surface area contributed by atoms with Gasteiger partial charge in [-0.25, -0.2) is 12.8 Å². The van der Waals surface area contributed by atoms with E-state index >= 15 is 0 Å². The van der Waals surface area contributed by atoms with E-state index in [0.29, 0.717) is 19.4 Å². The number of nitrogens with one attached hydrogen (secondary N) is 1. The highest BCUT2D eigenvalue weighted by molar-refractivity contribution is 7.89. The van der Waals surface area contributed by atoms with Crippen LogP contribution in [0.3, 0.4) is 0 Å². The lowest BCUT2D eigenvalue weighted by atomic mass is 10.2. The van der Waals surface area contributed by atoms with Gasteiger partial charge in [0.05, 0.1) is 4.90 Å². The number of carbonyl (C=O) groups is 1. The second kappa shape index (κ2) is 10.1. The molecule has 1 saturated heterocycles. The molecule has 1 heterocycles. The van der Waals surface area contributed by atoms with Gasteiger partial charge >= 0.3 is 0 Å². The Bertz CT molecular complexity index is 936. The number of rotatable bonds is 9. The first-order chi connectivity index (χ1) is 14.4. The minimum atomic E-state index is -3.83. The maximum absolute atomic E-state index is 13.1. The van der Waals surface area contributed by atoms with Gasteiger partial charge in [0.2, 0.25) is 15.9 Å². The Morgan fingerprint density at radius 1 is 1.17 bits per heavy atom. The van der Waals surface area contributed by atoms with Crippen LogP contribution in [0.25, 0.3) is 0 Å². The smallest absolute Gasteiger partial charge is 0.243 e. The second-order valence-corrected chi connectivity index (χ2v) is 9.49. The molecule has 0 bridgehead atoms. The molecule has 1 aliphatic heterocycles. The fourth-order valence-electron chi connectivity index (χ4n) is 3.68. The van der Waals surface area contributed by atoms with Crippen molar-refractivity contribution >= 4 is 15.9 Å². The Kier molecular flexibility index (Phi) is 7.58. The monoisotopic (exact) mass is 433 g/mol. The molecule has 0 radical (unpaired) electrons. The van der Waals surface area contributed by atoms with Gasteiger partial charge in [0, 0.05) is 19.6 Å². The second-order valence-electron chi connectivity index (χ2n) is 7.60. The highest BCUT2D eigenvalue weighted by Gasteiger charge is 2.39. The molecule has 0 aliphatic carbocycles. The summed E-state index contributed by atoms with van der Waals surface area (Å²) in [6, 6.07) is 14.1. The van der Waals surface area contributed by atoms with E-state index in [0.717, 1.165) is 31.6 Å². The quantitative estimate of drug-likeness (QED) is 0.618. The zero-order chi connectivity index (χ0) is 21.6. The maximum Gasteiger partial charge on any atom is 0.243 e. The molecule has 1 atom stereocenters.